The largest absolute Gasteiger partial charge is 0.468 e. The quantitative estimate of drug-likeness (QED) is 0.364. The van der Waals surface area contributed by atoms with E-state index >= 15 is 0 Å². The summed E-state index contributed by atoms with van der Waals surface area (Å²) in [7, 11) is 1.22. The topological polar surface area (TPSA) is 118 Å². The summed E-state index contributed by atoms with van der Waals surface area (Å²) < 4.78 is 18.7. The Bertz CT molecular complexity index is 1290. The minimum Gasteiger partial charge on any atom is -0.468 e. The Morgan fingerprint density at radius 2 is 1.91 bits per heavy atom. The number of amides is 3. The van der Waals surface area contributed by atoms with Gasteiger partial charge in [0.15, 0.2) is 5.13 Å². The highest BCUT2D eigenvalue weighted by Gasteiger charge is 2.20. The average molecular weight is 497 g/mol. The van der Waals surface area contributed by atoms with E-state index in [0.29, 0.717) is 11.4 Å². The molecule has 0 saturated heterocycles. The molecule has 9 nitrogen and oxygen atoms in total. The van der Waals surface area contributed by atoms with E-state index in [1.165, 1.54) is 56.5 Å². The van der Waals surface area contributed by atoms with Gasteiger partial charge in [-0.05, 0) is 36.4 Å². The van der Waals surface area contributed by atoms with E-state index in [0.717, 1.165) is 16.2 Å². The molecule has 3 aromatic rings. The van der Waals surface area contributed by atoms with Crippen LogP contribution < -0.4 is 15.5 Å². The van der Waals surface area contributed by atoms with E-state index in [1.807, 2.05) is 0 Å². The molecule has 0 spiro atoms. The van der Waals surface area contributed by atoms with E-state index in [2.05, 4.69) is 20.4 Å². The summed E-state index contributed by atoms with van der Waals surface area (Å²) in [5, 5.41) is 6.93. The molecule has 0 bridgehead atoms. The van der Waals surface area contributed by atoms with Gasteiger partial charge in [-0.3, -0.25) is 24.1 Å². The van der Waals surface area contributed by atoms with Crippen molar-refractivity contribution in [3.8, 4) is 0 Å². The predicted octanol–water partition coefficient (Wildman–Crippen LogP) is 3.52. The van der Waals surface area contributed by atoms with Gasteiger partial charge in [-0.1, -0.05) is 18.2 Å². The second-order valence-corrected chi connectivity index (χ2v) is 7.86. The molecule has 0 unspecified atom stereocenters. The molecule has 1 heterocycles. The fourth-order valence-corrected chi connectivity index (χ4v) is 3.75. The number of nitrogens with one attached hydrogen (secondary N) is 2. The highest BCUT2D eigenvalue weighted by atomic mass is 32.1. The lowest BCUT2D eigenvalue weighted by molar-refractivity contribution is -0.139. The number of benzene rings is 2. The van der Waals surface area contributed by atoms with Gasteiger partial charge < -0.3 is 15.4 Å². The molecule has 0 saturated carbocycles. The summed E-state index contributed by atoms with van der Waals surface area (Å²) in [5.41, 5.74) is 1.10. The predicted molar refractivity (Wildman–Crippen MR) is 130 cm³/mol. The smallest absolute Gasteiger partial charge is 0.325 e. The number of thiazole rings is 1. The molecule has 180 valence electrons. The van der Waals surface area contributed by atoms with E-state index in [4.69, 9.17) is 0 Å². The molecule has 0 radical (unpaired) electrons. The van der Waals surface area contributed by atoms with Gasteiger partial charge in [0.2, 0.25) is 11.8 Å². The van der Waals surface area contributed by atoms with Crippen molar-refractivity contribution >= 4 is 57.6 Å². The number of aromatic nitrogens is 1. The number of hydrogen-bond acceptors (Lipinski definition) is 7. The molecule has 2 aromatic carbocycles. The lowest BCUT2D eigenvalue weighted by Crippen LogP contribution is -2.30. The highest BCUT2D eigenvalue weighted by molar-refractivity contribution is 7.14. The standard InChI is InChI=1S/C24H21FN4O5S/c1-15(30)29(20-9-4-3-8-19(20)25)24-28-18(14-35-24)10-11-21(31)27-17-7-5-6-16(12-17)23(33)26-13-22(32)34-2/h3-12,14H,13H2,1-2H3,(H,26,33)(H,27,31). The number of anilines is 3. The maximum Gasteiger partial charge on any atom is 0.325 e. The molecule has 3 amide bonds. The molecule has 0 atom stereocenters. The summed E-state index contributed by atoms with van der Waals surface area (Å²) in [6.07, 6.45) is 2.69. The molecular formula is C24H21FN4O5S. The maximum absolute atomic E-state index is 14.2. The number of methoxy groups -OCH3 is 1. The maximum atomic E-state index is 14.2. The monoisotopic (exact) mass is 496 g/mol. The summed E-state index contributed by atoms with van der Waals surface area (Å²) >= 11 is 1.13. The molecule has 0 aliphatic carbocycles. The third kappa shape index (κ3) is 6.81. The Morgan fingerprint density at radius 1 is 1.14 bits per heavy atom. The number of carbonyl (C=O) groups excluding carboxylic acids is 4. The van der Waals surface area contributed by atoms with Crippen LogP contribution in [0.25, 0.3) is 6.08 Å². The van der Waals surface area contributed by atoms with Crippen molar-refractivity contribution in [3.05, 3.63) is 77.1 Å². The average Bonchev–Trinajstić information content (AvgIpc) is 3.30. The Balaban J connectivity index is 1.66. The molecule has 0 aliphatic rings. The second-order valence-electron chi connectivity index (χ2n) is 7.02. The Morgan fingerprint density at radius 3 is 2.63 bits per heavy atom. The zero-order chi connectivity index (χ0) is 25.4. The molecule has 3 rings (SSSR count). The van der Waals surface area contributed by atoms with Crippen molar-refractivity contribution in [2.24, 2.45) is 0 Å². The Hall–Kier alpha value is -4.38. The number of nitrogens with zero attached hydrogens (tertiary/aromatic N) is 2. The first-order chi connectivity index (χ1) is 16.8. The first kappa shape index (κ1) is 25.2. The van der Waals surface area contributed by atoms with Crippen molar-refractivity contribution in [3.63, 3.8) is 0 Å². The third-order valence-electron chi connectivity index (χ3n) is 4.53. The van der Waals surface area contributed by atoms with Crippen molar-refractivity contribution in [2.75, 3.05) is 23.9 Å². The number of carbonyl (C=O) groups is 4. The minimum absolute atomic E-state index is 0.0816. The summed E-state index contributed by atoms with van der Waals surface area (Å²) in [4.78, 5) is 53.2. The van der Waals surface area contributed by atoms with Crippen LogP contribution in [-0.4, -0.2) is 42.3 Å². The zero-order valence-electron chi connectivity index (χ0n) is 18.8. The van der Waals surface area contributed by atoms with Crippen LogP contribution in [0.5, 0.6) is 0 Å². The number of para-hydroxylation sites is 1. The van der Waals surface area contributed by atoms with Crippen LogP contribution in [-0.2, 0) is 19.1 Å². The molecule has 35 heavy (non-hydrogen) atoms. The van der Waals surface area contributed by atoms with Crippen LogP contribution in [0.4, 0.5) is 20.9 Å². The van der Waals surface area contributed by atoms with Crippen LogP contribution in [0, 0.1) is 5.82 Å². The Kier molecular flexibility index (Phi) is 8.41. The van der Waals surface area contributed by atoms with Crippen LogP contribution in [0.15, 0.2) is 60.0 Å². The number of rotatable bonds is 8. The summed E-state index contributed by atoms with van der Waals surface area (Å²) in [6, 6.07) is 12.0. The van der Waals surface area contributed by atoms with Gasteiger partial charge >= 0.3 is 5.97 Å². The van der Waals surface area contributed by atoms with Crippen molar-refractivity contribution in [1.29, 1.82) is 0 Å². The van der Waals surface area contributed by atoms with E-state index in [1.54, 1.807) is 23.6 Å². The van der Waals surface area contributed by atoms with Crippen molar-refractivity contribution in [1.82, 2.24) is 10.3 Å². The molecule has 11 heteroatoms. The summed E-state index contributed by atoms with van der Waals surface area (Å²) in [6.45, 7) is 1.03. The van der Waals surface area contributed by atoms with Crippen molar-refractivity contribution < 1.29 is 28.3 Å². The SMILES string of the molecule is COC(=O)CNC(=O)c1cccc(NC(=O)C=Cc2csc(N(C(C)=O)c3ccccc3F)n2)c1. The molecule has 2 N–H and O–H groups in total. The zero-order valence-corrected chi connectivity index (χ0v) is 19.6. The van der Waals surface area contributed by atoms with E-state index in [-0.39, 0.29) is 22.9 Å². The lowest BCUT2D eigenvalue weighted by atomic mass is 10.2. The van der Waals surface area contributed by atoms with Crippen LogP contribution >= 0.6 is 11.3 Å². The third-order valence-corrected chi connectivity index (χ3v) is 5.37. The van der Waals surface area contributed by atoms with Crippen LogP contribution in [0.3, 0.4) is 0 Å². The lowest BCUT2D eigenvalue weighted by Gasteiger charge is -2.18. The first-order valence-corrected chi connectivity index (χ1v) is 11.1. The number of halogens is 1. The molecule has 1 aromatic heterocycles. The normalized spacial score (nSPS) is 10.6. The summed E-state index contributed by atoms with van der Waals surface area (Å²) in [5.74, 6) is -2.53. The fourth-order valence-electron chi connectivity index (χ4n) is 2.91. The fraction of sp³-hybridized carbons (Fsp3) is 0.125. The van der Waals surface area contributed by atoms with Crippen LogP contribution in [0.2, 0.25) is 0 Å². The first-order valence-electron chi connectivity index (χ1n) is 10.2. The molecular weight excluding hydrogens is 475 g/mol. The van der Waals surface area contributed by atoms with Crippen LogP contribution in [0.1, 0.15) is 23.0 Å². The van der Waals surface area contributed by atoms with Crippen molar-refractivity contribution in [2.45, 2.75) is 6.92 Å². The van der Waals surface area contributed by atoms with Gasteiger partial charge in [-0.15, -0.1) is 11.3 Å². The van der Waals surface area contributed by atoms with E-state index in [9.17, 15) is 23.6 Å². The molecule has 0 aliphatic heterocycles. The van der Waals surface area contributed by atoms with Gasteiger partial charge in [-0.25, -0.2) is 9.37 Å². The number of ether oxygens (including phenoxy) is 1. The molecule has 0 fully saturated rings. The van der Waals surface area contributed by atoms with Gasteiger partial charge in [0.1, 0.15) is 12.4 Å². The van der Waals surface area contributed by atoms with Gasteiger partial charge in [0.25, 0.3) is 5.91 Å². The number of hydrogen-bond donors (Lipinski definition) is 2. The van der Waals surface area contributed by atoms with E-state index < -0.39 is 29.5 Å². The second kappa shape index (κ2) is 11.7. The minimum atomic E-state index is -0.585. The highest BCUT2D eigenvalue weighted by Crippen LogP contribution is 2.31. The van der Waals surface area contributed by atoms with Gasteiger partial charge in [-0.2, -0.15) is 0 Å². The number of esters is 1. The van der Waals surface area contributed by atoms with Gasteiger partial charge in [0.05, 0.1) is 18.5 Å². The van der Waals surface area contributed by atoms with Gasteiger partial charge in [0, 0.05) is 29.6 Å². The Labute approximate surface area is 204 Å².